The van der Waals surface area contributed by atoms with Gasteiger partial charge < -0.3 is 27.4 Å². The Balaban J connectivity index is 0.000000213. The van der Waals surface area contributed by atoms with Crippen LogP contribution in [0.5, 0.6) is 0 Å². The van der Waals surface area contributed by atoms with Crippen LogP contribution in [0, 0.1) is 19.0 Å². The van der Waals surface area contributed by atoms with Gasteiger partial charge in [-0.15, -0.1) is 0 Å². The SMILES string of the molecule is F[P-](F)(F)(F)(F)F.F[P-](F)(F)(F)(F)F.F[P-](F)(F)(F)(F)F.O=c1n(Cc2ccccn2)ccn1-c1ccc(-[n+]2[c-]n(Cc3ccccn3)cc2)nn1.O=c1n(Cc2ccccn2)ccn1-c1ccc(-[n+]2[c-]n(Cc3ccccn3)cc2)nn1.O=c1n(Cc2ccccn2)ccn1-c1ccc(-[n+]2[c-]n(Cc3ccccn3)cc2)nn1.[Cu+].[Cu+].[Cu+]. The van der Waals surface area contributed by atoms with Gasteiger partial charge in [0, 0.05) is 74.4 Å². The van der Waals surface area contributed by atoms with E-state index in [0.29, 0.717) is 74.2 Å². The predicted octanol–water partition coefficient (Wildman–Crippen LogP) is 13.7. The molecule has 51 heteroatoms. The van der Waals surface area contributed by atoms with Gasteiger partial charge in [-0.25, -0.2) is 28.1 Å². The van der Waals surface area contributed by atoms with E-state index < -0.39 is 23.4 Å². The standard InChI is InChI=1S/3C22H18N8O.3Cu.3F6P/c3*31-22-28(16-19-6-2-4-10-24-19)13-14-30(22)21-8-7-20(25-26-21)29-12-11-27(17-29)15-18-5-1-3-9-23-18;;;;3*1-7(2,3,4,5)6/h3*1-14H,15-16H2;;;;;;/q;;;3*+1;3*-1. The molecule has 0 amide bonds. The summed E-state index contributed by atoms with van der Waals surface area (Å²) >= 11 is 0. The minimum atomic E-state index is -10.7. The van der Waals surface area contributed by atoms with Gasteiger partial charge in [0.15, 0.2) is 36.4 Å². The number of nitrogens with zero attached hydrogens (tertiary/aromatic N) is 24. The quantitative estimate of drug-likeness (QED) is 0.0254. The van der Waals surface area contributed by atoms with Crippen LogP contribution in [0.1, 0.15) is 34.2 Å². The van der Waals surface area contributed by atoms with Crippen molar-refractivity contribution in [2.24, 2.45) is 0 Å². The van der Waals surface area contributed by atoms with Crippen molar-refractivity contribution in [3.05, 3.63) is 342 Å². The Morgan fingerprint density at radius 3 is 0.650 bits per heavy atom. The van der Waals surface area contributed by atoms with Gasteiger partial charge in [0.05, 0.1) is 73.4 Å². The summed E-state index contributed by atoms with van der Waals surface area (Å²) in [5.41, 5.74) is 4.66. The first-order valence-corrected chi connectivity index (χ1v) is 38.2. The monoisotopic (exact) mass is 1850 g/mol. The Hall–Kier alpha value is -11.6. The molecule has 0 saturated carbocycles. The molecular weight excluding hydrogens is 1800 g/mol. The molecule has 0 atom stereocenters. The van der Waals surface area contributed by atoms with Crippen molar-refractivity contribution >= 4 is 23.4 Å². The summed E-state index contributed by atoms with van der Waals surface area (Å²) < 4.78 is 198. The Morgan fingerprint density at radius 1 is 0.265 bits per heavy atom. The van der Waals surface area contributed by atoms with E-state index >= 15 is 0 Å². The molecule has 27 nitrogen and oxygen atoms in total. The molecule has 15 aromatic rings. The molecule has 0 spiro atoms. The number of halogens is 18. The molecule has 0 aliphatic heterocycles. The first kappa shape index (κ1) is 92.6. The van der Waals surface area contributed by atoms with Crippen LogP contribution in [0.4, 0.5) is 75.5 Å². The van der Waals surface area contributed by atoms with Crippen LogP contribution >= 0.6 is 23.4 Å². The maximum Gasteiger partial charge on any atom is 1.00 e. The van der Waals surface area contributed by atoms with Crippen molar-refractivity contribution in [2.75, 3.05) is 0 Å². The zero-order valence-corrected chi connectivity index (χ0v) is 64.0. The first-order valence-electron chi connectivity index (χ1n) is 32.1. The van der Waals surface area contributed by atoms with E-state index in [-0.39, 0.29) is 68.3 Å². The van der Waals surface area contributed by atoms with Crippen LogP contribution in [0.3, 0.4) is 0 Å². The van der Waals surface area contributed by atoms with Crippen molar-refractivity contribution in [1.29, 1.82) is 0 Å². The molecule has 0 unspecified atom stereocenters. The summed E-state index contributed by atoms with van der Waals surface area (Å²) in [6.45, 7) is 3.02. The number of hydrogen-bond donors (Lipinski definition) is 0. The number of rotatable bonds is 18. The van der Waals surface area contributed by atoms with Crippen molar-refractivity contribution in [1.82, 2.24) is 102 Å². The van der Waals surface area contributed by atoms with Gasteiger partial charge in [-0.05, 0) is 162 Å². The Morgan fingerprint density at radius 2 is 0.470 bits per heavy atom. The molecule has 0 N–H and O–H groups in total. The Bertz CT molecular complexity index is 5270. The molecule has 0 aliphatic rings. The normalized spacial score (nSPS) is 12.9. The van der Waals surface area contributed by atoms with Crippen LogP contribution in [-0.2, 0) is 90.5 Å². The Kier molecular flexibility index (Phi) is 28.1. The molecule has 0 aliphatic carbocycles. The molecule has 117 heavy (non-hydrogen) atoms. The van der Waals surface area contributed by atoms with Crippen molar-refractivity contribution in [2.45, 2.75) is 39.3 Å². The van der Waals surface area contributed by atoms with Crippen LogP contribution in [-0.4, -0.2) is 102 Å². The van der Waals surface area contributed by atoms with E-state index in [1.807, 2.05) is 160 Å². The predicted molar refractivity (Wildman–Crippen MR) is 373 cm³/mol. The fourth-order valence-electron chi connectivity index (χ4n) is 9.55. The van der Waals surface area contributed by atoms with Gasteiger partial charge in [-0.1, -0.05) is 51.7 Å². The minimum absolute atomic E-state index is 0. The largest absolute Gasteiger partial charge is 1.00 e. The average molecular weight is 1860 g/mol. The molecule has 0 aromatic carbocycles. The summed E-state index contributed by atoms with van der Waals surface area (Å²) in [7, 11) is -32.0. The molecule has 0 saturated heterocycles. The molecule has 15 heterocycles. The van der Waals surface area contributed by atoms with Gasteiger partial charge in [0.1, 0.15) is 0 Å². The van der Waals surface area contributed by atoms with Crippen molar-refractivity contribution in [3.8, 4) is 34.9 Å². The third-order valence-electron chi connectivity index (χ3n) is 14.2. The topological polar surface area (TPSA) is 262 Å². The van der Waals surface area contributed by atoms with E-state index in [1.54, 1.807) is 138 Å². The summed E-state index contributed by atoms with van der Waals surface area (Å²) in [4.78, 5) is 63.9. The van der Waals surface area contributed by atoms with E-state index in [9.17, 15) is 89.9 Å². The molecule has 15 aromatic heterocycles. The second-order valence-corrected chi connectivity index (χ2v) is 29.2. The fourth-order valence-corrected chi connectivity index (χ4v) is 9.55. The van der Waals surface area contributed by atoms with Crippen LogP contribution in [0.25, 0.3) is 34.9 Å². The molecule has 15 rings (SSSR count). The van der Waals surface area contributed by atoms with Gasteiger partial charge in [0.25, 0.3) is 0 Å². The summed E-state index contributed by atoms with van der Waals surface area (Å²) in [5, 5.41) is 25.4. The molecule has 630 valence electrons. The van der Waals surface area contributed by atoms with Crippen LogP contribution < -0.4 is 30.8 Å². The number of imidazole rings is 6. The van der Waals surface area contributed by atoms with Gasteiger partial charge in [-0.3, -0.25) is 43.6 Å². The smallest absolute Gasteiger partial charge is 0.348 e. The van der Waals surface area contributed by atoms with E-state index in [0.717, 1.165) is 34.2 Å². The molecule has 0 bridgehead atoms. The zero-order valence-electron chi connectivity index (χ0n) is 58.5. The second kappa shape index (κ2) is 35.5. The van der Waals surface area contributed by atoms with E-state index in [1.165, 1.54) is 13.7 Å². The van der Waals surface area contributed by atoms with E-state index in [2.05, 4.69) is 79.5 Å². The van der Waals surface area contributed by atoms with Crippen molar-refractivity contribution in [3.63, 3.8) is 0 Å². The molecule has 0 fully saturated rings. The first-order chi connectivity index (χ1) is 53.1. The molecular formula is C66H54Cu3F18N24O3P3. The maximum absolute atomic E-state index is 12.7. The van der Waals surface area contributed by atoms with Gasteiger partial charge >= 0.3 is 167 Å². The summed E-state index contributed by atoms with van der Waals surface area (Å²) in [5.74, 6) is 3.14. The van der Waals surface area contributed by atoms with E-state index in [4.69, 9.17) is 0 Å². The second-order valence-electron chi connectivity index (χ2n) is 23.5. The number of aromatic nitrogens is 24. The van der Waals surface area contributed by atoms with Gasteiger partial charge in [-0.2, -0.15) is 0 Å². The number of pyridine rings is 6. The van der Waals surface area contributed by atoms with Crippen LogP contribution in [0.2, 0.25) is 0 Å². The zero-order chi connectivity index (χ0) is 82.4. The van der Waals surface area contributed by atoms with Crippen molar-refractivity contribution < 1.29 is 140 Å². The third-order valence-corrected chi connectivity index (χ3v) is 14.2. The average Bonchev–Trinajstić information content (AvgIpc) is 1.79. The molecule has 0 radical (unpaired) electrons. The number of hydrogen-bond acceptors (Lipinski definition) is 15. The fraction of sp³-hybridized carbons (Fsp3) is 0.0909. The summed E-state index contributed by atoms with van der Waals surface area (Å²) in [6, 6.07) is 44.9. The van der Waals surface area contributed by atoms with Gasteiger partial charge in [0.2, 0.25) is 17.5 Å². The minimum Gasteiger partial charge on any atom is -0.348 e. The third kappa shape index (κ3) is 33.6. The Labute approximate surface area is 677 Å². The van der Waals surface area contributed by atoms with Crippen LogP contribution in [0.15, 0.2) is 272 Å². The maximum atomic E-state index is 12.7. The summed E-state index contributed by atoms with van der Waals surface area (Å²) in [6.07, 6.45) is 41.4.